The summed E-state index contributed by atoms with van der Waals surface area (Å²) in [5.74, 6) is 0.141. The van der Waals surface area contributed by atoms with Crippen LogP contribution < -0.4 is 5.56 Å². The van der Waals surface area contributed by atoms with Crippen LogP contribution in [0.2, 0.25) is 0 Å². The second-order valence-electron chi connectivity index (χ2n) is 7.38. The minimum absolute atomic E-state index is 0.0461. The smallest absolute Gasteiger partial charge is 0.255 e. The first-order chi connectivity index (χ1) is 13.5. The molecule has 1 fully saturated rings. The number of rotatable bonds is 3. The maximum Gasteiger partial charge on any atom is 0.255 e. The number of amides is 1. The molecule has 6 heteroatoms. The fraction of sp³-hybridized carbons (Fsp3) is 0.318. The van der Waals surface area contributed by atoms with Gasteiger partial charge in [0, 0.05) is 42.1 Å². The van der Waals surface area contributed by atoms with Gasteiger partial charge in [-0.2, -0.15) is 0 Å². The summed E-state index contributed by atoms with van der Waals surface area (Å²) in [4.78, 5) is 33.7. The van der Waals surface area contributed by atoms with Crippen molar-refractivity contribution in [3.63, 3.8) is 0 Å². The highest BCUT2D eigenvalue weighted by molar-refractivity contribution is 5.96. The van der Waals surface area contributed by atoms with Crippen LogP contribution >= 0.6 is 0 Å². The average molecular weight is 376 g/mol. The molecule has 1 atom stereocenters. The third-order valence-corrected chi connectivity index (χ3v) is 5.50. The lowest BCUT2D eigenvalue weighted by atomic mass is 9.94. The summed E-state index contributed by atoms with van der Waals surface area (Å²) in [6.45, 7) is 5.33. The Hall–Kier alpha value is -3.15. The topological polar surface area (TPSA) is 71.0 Å². The van der Waals surface area contributed by atoms with Crippen molar-refractivity contribution >= 4 is 5.91 Å². The van der Waals surface area contributed by atoms with E-state index in [2.05, 4.69) is 14.5 Å². The van der Waals surface area contributed by atoms with Crippen molar-refractivity contribution in [2.75, 3.05) is 13.1 Å². The van der Waals surface area contributed by atoms with Gasteiger partial charge in [0.25, 0.3) is 11.5 Å². The van der Waals surface area contributed by atoms with Crippen LogP contribution in [0, 0.1) is 13.8 Å². The van der Waals surface area contributed by atoms with Crippen LogP contribution in [-0.4, -0.2) is 38.4 Å². The molecule has 4 rings (SSSR count). The number of aromatic nitrogens is 3. The van der Waals surface area contributed by atoms with E-state index in [0.717, 1.165) is 47.7 Å². The molecule has 3 aromatic rings. The second-order valence-corrected chi connectivity index (χ2v) is 7.38. The SMILES string of the molecule is Cc1cc(C(=O)N2CCC[C@H](c3cc(=O)[nH]cn3)C2)c(C)n1-c1ccccc1. The Morgan fingerprint density at radius 2 is 1.96 bits per heavy atom. The first kappa shape index (κ1) is 18.2. The predicted octanol–water partition coefficient (Wildman–Crippen LogP) is 3.20. The number of aromatic amines is 1. The van der Waals surface area contributed by atoms with Gasteiger partial charge in [0.05, 0.1) is 17.6 Å². The number of para-hydroxylation sites is 1. The van der Waals surface area contributed by atoms with E-state index in [9.17, 15) is 9.59 Å². The Kier molecular flexibility index (Phi) is 4.86. The molecule has 0 saturated carbocycles. The van der Waals surface area contributed by atoms with Crippen LogP contribution in [0.3, 0.4) is 0 Å². The molecule has 144 valence electrons. The van der Waals surface area contributed by atoms with Crippen LogP contribution in [0.25, 0.3) is 5.69 Å². The van der Waals surface area contributed by atoms with Gasteiger partial charge in [0.1, 0.15) is 0 Å². The number of aryl methyl sites for hydroxylation is 1. The van der Waals surface area contributed by atoms with Crippen LogP contribution in [0.5, 0.6) is 0 Å². The number of carbonyl (C=O) groups excluding carboxylic acids is 1. The standard InChI is InChI=1S/C22H24N4O2/c1-15-11-19(16(2)26(15)18-8-4-3-5-9-18)22(28)25-10-6-7-17(13-25)20-12-21(27)24-14-23-20/h3-5,8-9,11-12,14,17H,6-7,10,13H2,1-2H3,(H,23,24,27)/t17-/m0/s1. The summed E-state index contributed by atoms with van der Waals surface area (Å²) in [5, 5.41) is 0. The van der Waals surface area contributed by atoms with Crippen molar-refractivity contribution in [3.8, 4) is 5.69 Å². The molecule has 0 aliphatic carbocycles. The molecule has 1 N–H and O–H groups in total. The lowest BCUT2D eigenvalue weighted by molar-refractivity contribution is 0.0705. The van der Waals surface area contributed by atoms with E-state index < -0.39 is 0 Å². The molecular weight excluding hydrogens is 352 g/mol. The molecule has 1 aliphatic rings. The van der Waals surface area contributed by atoms with Crippen LogP contribution in [-0.2, 0) is 0 Å². The lowest BCUT2D eigenvalue weighted by Gasteiger charge is -2.32. The van der Waals surface area contributed by atoms with Crippen molar-refractivity contribution in [1.29, 1.82) is 0 Å². The number of piperidine rings is 1. The van der Waals surface area contributed by atoms with E-state index in [1.807, 2.05) is 55.1 Å². The molecule has 0 bridgehead atoms. The van der Waals surface area contributed by atoms with E-state index >= 15 is 0 Å². The number of carbonyl (C=O) groups is 1. The third-order valence-electron chi connectivity index (χ3n) is 5.50. The highest BCUT2D eigenvalue weighted by atomic mass is 16.2. The Labute approximate surface area is 163 Å². The molecule has 2 aromatic heterocycles. The lowest BCUT2D eigenvalue weighted by Crippen LogP contribution is -2.39. The number of hydrogen-bond acceptors (Lipinski definition) is 3. The van der Waals surface area contributed by atoms with E-state index in [-0.39, 0.29) is 17.4 Å². The van der Waals surface area contributed by atoms with E-state index in [1.54, 1.807) is 6.07 Å². The van der Waals surface area contributed by atoms with E-state index in [0.29, 0.717) is 6.54 Å². The Balaban J connectivity index is 1.60. The minimum Gasteiger partial charge on any atom is -0.338 e. The van der Waals surface area contributed by atoms with Crippen molar-refractivity contribution in [1.82, 2.24) is 19.4 Å². The Bertz CT molecular complexity index is 1050. The van der Waals surface area contributed by atoms with Gasteiger partial charge in [-0.15, -0.1) is 0 Å². The second kappa shape index (κ2) is 7.46. The minimum atomic E-state index is -0.153. The molecule has 28 heavy (non-hydrogen) atoms. The molecule has 3 heterocycles. The number of hydrogen-bond donors (Lipinski definition) is 1. The number of nitrogens with zero attached hydrogens (tertiary/aromatic N) is 3. The first-order valence-electron chi connectivity index (χ1n) is 9.63. The summed E-state index contributed by atoms with van der Waals surface area (Å²) in [6, 6.07) is 13.6. The number of nitrogens with one attached hydrogen (secondary N) is 1. The molecule has 0 spiro atoms. The van der Waals surface area contributed by atoms with Crippen molar-refractivity contribution < 1.29 is 4.79 Å². The zero-order valence-corrected chi connectivity index (χ0v) is 16.2. The zero-order chi connectivity index (χ0) is 19.7. The van der Waals surface area contributed by atoms with E-state index in [4.69, 9.17) is 0 Å². The monoisotopic (exact) mass is 376 g/mol. The predicted molar refractivity (Wildman–Crippen MR) is 108 cm³/mol. The number of likely N-dealkylation sites (tertiary alicyclic amines) is 1. The quantitative estimate of drug-likeness (QED) is 0.763. The normalized spacial score (nSPS) is 16.9. The summed E-state index contributed by atoms with van der Waals surface area (Å²) in [5.41, 5.74) is 4.39. The number of benzene rings is 1. The van der Waals surface area contributed by atoms with Crippen LogP contribution in [0.4, 0.5) is 0 Å². The molecule has 1 aliphatic heterocycles. The highest BCUT2D eigenvalue weighted by Gasteiger charge is 2.28. The van der Waals surface area contributed by atoms with Crippen molar-refractivity contribution in [2.45, 2.75) is 32.6 Å². The van der Waals surface area contributed by atoms with Gasteiger partial charge in [0.15, 0.2) is 0 Å². The van der Waals surface area contributed by atoms with Crippen LogP contribution in [0.1, 0.15) is 46.2 Å². The van der Waals surface area contributed by atoms with Gasteiger partial charge < -0.3 is 14.5 Å². The number of H-pyrrole nitrogens is 1. The van der Waals surface area contributed by atoms with Gasteiger partial charge in [-0.3, -0.25) is 9.59 Å². The first-order valence-corrected chi connectivity index (χ1v) is 9.63. The summed E-state index contributed by atoms with van der Waals surface area (Å²) < 4.78 is 2.12. The summed E-state index contributed by atoms with van der Waals surface area (Å²) in [7, 11) is 0. The Morgan fingerprint density at radius 3 is 2.71 bits per heavy atom. The fourth-order valence-electron chi connectivity index (χ4n) is 4.13. The van der Waals surface area contributed by atoms with Gasteiger partial charge in [-0.25, -0.2) is 4.98 Å². The molecule has 1 aromatic carbocycles. The van der Waals surface area contributed by atoms with Crippen molar-refractivity contribution in [2.24, 2.45) is 0 Å². The molecule has 1 amide bonds. The molecule has 6 nitrogen and oxygen atoms in total. The van der Waals surface area contributed by atoms with E-state index in [1.165, 1.54) is 6.33 Å². The molecule has 1 saturated heterocycles. The highest BCUT2D eigenvalue weighted by Crippen LogP contribution is 2.28. The molecule has 0 unspecified atom stereocenters. The third kappa shape index (κ3) is 3.38. The van der Waals surface area contributed by atoms with Gasteiger partial charge in [-0.05, 0) is 44.9 Å². The van der Waals surface area contributed by atoms with Gasteiger partial charge >= 0.3 is 0 Å². The molecule has 0 radical (unpaired) electrons. The maximum atomic E-state index is 13.3. The summed E-state index contributed by atoms with van der Waals surface area (Å²) >= 11 is 0. The van der Waals surface area contributed by atoms with Crippen LogP contribution in [0.15, 0.2) is 53.6 Å². The summed E-state index contributed by atoms with van der Waals surface area (Å²) in [6.07, 6.45) is 3.28. The molecular formula is C22H24N4O2. The largest absolute Gasteiger partial charge is 0.338 e. The Morgan fingerprint density at radius 1 is 1.18 bits per heavy atom. The van der Waals surface area contributed by atoms with Gasteiger partial charge in [-0.1, -0.05) is 18.2 Å². The average Bonchev–Trinajstić information content (AvgIpc) is 3.02. The van der Waals surface area contributed by atoms with Gasteiger partial charge in [0.2, 0.25) is 0 Å². The maximum absolute atomic E-state index is 13.3. The fourth-order valence-corrected chi connectivity index (χ4v) is 4.13. The zero-order valence-electron chi connectivity index (χ0n) is 16.2. The van der Waals surface area contributed by atoms with Crippen molar-refractivity contribution in [3.05, 3.63) is 81.8 Å².